The maximum Gasteiger partial charge on any atom is 0.332 e. The van der Waals surface area contributed by atoms with Crippen LogP contribution in [0.3, 0.4) is 0 Å². The molecule has 88 valence electrons. The Bertz CT molecular complexity index is 401. The smallest absolute Gasteiger partial charge is 0.332 e. The average molecular weight is 245 g/mol. The van der Waals surface area contributed by atoms with Crippen molar-refractivity contribution >= 4 is 17.6 Å². The first-order valence-electron chi connectivity index (χ1n) is 4.80. The van der Waals surface area contributed by atoms with Gasteiger partial charge >= 0.3 is 5.97 Å². The largest absolute Gasteiger partial charge is 0.504 e. The van der Waals surface area contributed by atoms with Crippen LogP contribution in [0.15, 0.2) is 18.2 Å². The maximum absolute atomic E-state index is 11.6. The van der Waals surface area contributed by atoms with E-state index in [0.717, 1.165) is 6.07 Å². The van der Waals surface area contributed by atoms with E-state index in [1.165, 1.54) is 12.1 Å². The van der Waals surface area contributed by atoms with Gasteiger partial charge in [0.25, 0.3) is 0 Å². The molecule has 5 heteroatoms. The molecule has 1 aromatic carbocycles. The van der Waals surface area contributed by atoms with Gasteiger partial charge in [-0.05, 0) is 25.5 Å². The third-order valence-corrected chi connectivity index (χ3v) is 2.67. The van der Waals surface area contributed by atoms with Crippen LogP contribution in [0, 0.1) is 0 Å². The number of carbonyl (C=O) groups excluding carboxylic acids is 1. The number of rotatable bonds is 3. The molecule has 0 aliphatic rings. The number of phenols is 2. The fourth-order valence-corrected chi connectivity index (χ4v) is 0.963. The number of alkyl halides is 1. The van der Waals surface area contributed by atoms with Crippen molar-refractivity contribution in [2.75, 3.05) is 0 Å². The van der Waals surface area contributed by atoms with Gasteiger partial charge < -0.3 is 14.9 Å². The van der Waals surface area contributed by atoms with E-state index < -0.39 is 10.8 Å². The third-order valence-electron chi connectivity index (χ3n) is 2.25. The molecular weight excluding hydrogens is 232 g/mol. The van der Waals surface area contributed by atoms with Crippen LogP contribution in [0.1, 0.15) is 20.3 Å². The van der Waals surface area contributed by atoms with Crippen LogP contribution in [0.5, 0.6) is 17.2 Å². The topological polar surface area (TPSA) is 66.8 Å². The Labute approximate surface area is 98.4 Å². The predicted octanol–water partition coefficient (Wildman–Crippen LogP) is 2.41. The lowest BCUT2D eigenvalue weighted by Crippen LogP contribution is -2.32. The molecule has 4 nitrogen and oxygen atoms in total. The van der Waals surface area contributed by atoms with Crippen molar-refractivity contribution in [3.63, 3.8) is 0 Å². The minimum absolute atomic E-state index is 0.139. The zero-order chi connectivity index (χ0) is 12.3. The number of ether oxygens (including phenoxy) is 1. The summed E-state index contributed by atoms with van der Waals surface area (Å²) in [4.78, 5) is 10.5. The second-order valence-corrected chi connectivity index (χ2v) is 4.43. The Kier molecular flexibility index (Phi) is 3.65. The van der Waals surface area contributed by atoms with Crippen molar-refractivity contribution in [1.29, 1.82) is 0 Å². The summed E-state index contributed by atoms with van der Waals surface area (Å²) in [6.45, 7) is 3.32. The number of aromatic hydroxyl groups is 2. The van der Waals surface area contributed by atoms with Gasteiger partial charge in [-0.15, -0.1) is 11.6 Å². The summed E-state index contributed by atoms with van der Waals surface area (Å²) in [5.74, 6) is -1.08. The molecule has 1 aromatic rings. The Balaban J connectivity index is 2.82. The number of halogens is 1. The summed E-state index contributed by atoms with van der Waals surface area (Å²) in [7, 11) is 0. The Morgan fingerprint density at radius 3 is 2.56 bits per heavy atom. The van der Waals surface area contributed by atoms with Crippen molar-refractivity contribution in [2.45, 2.75) is 25.1 Å². The van der Waals surface area contributed by atoms with Gasteiger partial charge in [-0.3, -0.25) is 0 Å². The summed E-state index contributed by atoms with van der Waals surface area (Å²) >= 11 is 5.91. The summed E-state index contributed by atoms with van der Waals surface area (Å²) < 4.78 is 4.96. The van der Waals surface area contributed by atoms with E-state index in [9.17, 15) is 9.90 Å². The monoisotopic (exact) mass is 244 g/mol. The molecule has 1 rings (SSSR count). The highest BCUT2D eigenvalue weighted by Crippen LogP contribution is 2.30. The van der Waals surface area contributed by atoms with E-state index in [1.807, 2.05) is 0 Å². The number of phenolic OH excluding ortho intramolecular Hbond substituents is 2. The molecule has 0 spiro atoms. The van der Waals surface area contributed by atoms with E-state index in [1.54, 1.807) is 13.8 Å². The standard InChI is InChI=1S/C11H13ClO4/c1-3-11(2,12)10(15)16-7-4-5-8(13)9(14)6-7/h4-6,13-14H,3H2,1-2H3. The van der Waals surface area contributed by atoms with Gasteiger partial charge in [-0.2, -0.15) is 0 Å². The fourth-order valence-electron chi connectivity index (χ4n) is 0.925. The zero-order valence-corrected chi connectivity index (χ0v) is 9.78. The summed E-state index contributed by atoms with van der Waals surface area (Å²) in [5.41, 5.74) is 0. The molecule has 0 bridgehead atoms. The van der Waals surface area contributed by atoms with Gasteiger partial charge in [0.1, 0.15) is 10.6 Å². The lowest BCUT2D eigenvalue weighted by atomic mass is 10.1. The van der Waals surface area contributed by atoms with E-state index >= 15 is 0 Å². The number of carbonyl (C=O) groups is 1. The van der Waals surface area contributed by atoms with Crippen molar-refractivity contribution in [2.24, 2.45) is 0 Å². The third kappa shape index (κ3) is 2.79. The quantitative estimate of drug-likeness (QED) is 0.371. The SMILES string of the molecule is CCC(C)(Cl)C(=O)Oc1ccc(O)c(O)c1. The molecule has 0 aliphatic heterocycles. The molecule has 1 unspecified atom stereocenters. The van der Waals surface area contributed by atoms with E-state index in [2.05, 4.69) is 0 Å². The predicted molar refractivity (Wildman–Crippen MR) is 60.0 cm³/mol. The number of hydrogen-bond acceptors (Lipinski definition) is 4. The molecule has 0 saturated carbocycles. The van der Waals surface area contributed by atoms with Crippen molar-refractivity contribution in [1.82, 2.24) is 0 Å². The Morgan fingerprint density at radius 2 is 2.06 bits per heavy atom. The van der Waals surface area contributed by atoms with Gasteiger partial charge in [0.05, 0.1) is 0 Å². The molecule has 0 radical (unpaired) electrons. The van der Waals surface area contributed by atoms with Crippen LogP contribution >= 0.6 is 11.6 Å². The highest BCUT2D eigenvalue weighted by molar-refractivity contribution is 6.33. The van der Waals surface area contributed by atoms with Crippen LogP contribution in [0.25, 0.3) is 0 Å². The molecule has 0 fully saturated rings. The lowest BCUT2D eigenvalue weighted by molar-refractivity contribution is -0.137. The molecule has 2 N–H and O–H groups in total. The summed E-state index contributed by atoms with van der Waals surface area (Å²) in [6.07, 6.45) is 0.428. The first-order chi connectivity index (χ1) is 7.36. The number of hydrogen-bond donors (Lipinski definition) is 2. The zero-order valence-electron chi connectivity index (χ0n) is 9.03. The lowest BCUT2D eigenvalue weighted by Gasteiger charge is -2.17. The van der Waals surface area contributed by atoms with E-state index in [-0.39, 0.29) is 17.2 Å². The van der Waals surface area contributed by atoms with Crippen LogP contribution in [0.4, 0.5) is 0 Å². The second kappa shape index (κ2) is 4.61. The van der Waals surface area contributed by atoms with Crippen LogP contribution < -0.4 is 4.74 Å². The molecule has 0 amide bonds. The minimum atomic E-state index is -1.09. The molecular formula is C11H13ClO4. The van der Waals surface area contributed by atoms with E-state index in [4.69, 9.17) is 21.4 Å². The minimum Gasteiger partial charge on any atom is -0.504 e. The van der Waals surface area contributed by atoms with Crippen molar-refractivity contribution < 1.29 is 19.7 Å². The first kappa shape index (κ1) is 12.6. The van der Waals surface area contributed by atoms with Gasteiger partial charge in [0.15, 0.2) is 11.5 Å². The molecule has 0 saturated heterocycles. The van der Waals surface area contributed by atoms with Crippen LogP contribution in [0.2, 0.25) is 0 Å². The molecule has 0 heterocycles. The highest BCUT2D eigenvalue weighted by Gasteiger charge is 2.30. The molecule has 0 aliphatic carbocycles. The first-order valence-corrected chi connectivity index (χ1v) is 5.18. The fraction of sp³-hybridized carbons (Fsp3) is 0.364. The Hall–Kier alpha value is -1.42. The molecule has 1 atom stereocenters. The van der Waals surface area contributed by atoms with Gasteiger partial charge in [0.2, 0.25) is 0 Å². The normalized spacial score (nSPS) is 14.2. The number of esters is 1. The summed E-state index contributed by atoms with van der Waals surface area (Å²) in [5, 5.41) is 18.3. The van der Waals surface area contributed by atoms with E-state index in [0.29, 0.717) is 6.42 Å². The molecule has 16 heavy (non-hydrogen) atoms. The van der Waals surface area contributed by atoms with Gasteiger partial charge in [0, 0.05) is 6.07 Å². The Morgan fingerprint density at radius 1 is 1.44 bits per heavy atom. The number of benzene rings is 1. The highest BCUT2D eigenvalue weighted by atomic mass is 35.5. The van der Waals surface area contributed by atoms with Crippen molar-refractivity contribution in [3.05, 3.63) is 18.2 Å². The summed E-state index contributed by atoms with van der Waals surface area (Å²) in [6, 6.07) is 3.75. The van der Waals surface area contributed by atoms with Gasteiger partial charge in [-0.25, -0.2) is 4.79 Å². The maximum atomic E-state index is 11.6. The van der Waals surface area contributed by atoms with Crippen LogP contribution in [-0.2, 0) is 4.79 Å². The van der Waals surface area contributed by atoms with Gasteiger partial charge in [-0.1, -0.05) is 6.92 Å². The van der Waals surface area contributed by atoms with Crippen LogP contribution in [-0.4, -0.2) is 21.1 Å². The molecule has 0 aromatic heterocycles. The average Bonchev–Trinajstić information content (AvgIpc) is 2.23. The second-order valence-electron chi connectivity index (χ2n) is 3.59. The van der Waals surface area contributed by atoms with Crippen molar-refractivity contribution in [3.8, 4) is 17.2 Å².